The Hall–Kier alpha value is -0.520. The second-order valence-corrected chi connectivity index (χ2v) is 6.98. The van der Waals surface area contributed by atoms with Crippen molar-refractivity contribution in [3.05, 3.63) is 16.0 Å². The van der Waals surface area contributed by atoms with Crippen LogP contribution in [0.3, 0.4) is 0 Å². The van der Waals surface area contributed by atoms with Crippen LogP contribution >= 0.6 is 34.9 Å². The maximum Gasteiger partial charge on any atom is 0.135 e. The van der Waals surface area contributed by atoms with Crippen LogP contribution in [0.25, 0.3) is 9.53 Å². The number of nitrogens with one attached hydrogen (secondary N) is 1. The summed E-state index contributed by atoms with van der Waals surface area (Å²) < 4.78 is 1.26. The smallest absolute Gasteiger partial charge is 0.135 e. The molecule has 2 atom stereocenters. The highest BCUT2D eigenvalue weighted by atomic mass is 32.1. The molecule has 1 N–H and O–H groups in total. The molecule has 2 aromatic rings. The third-order valence-corrected chi connectivity index (χ3v) is 5.41. The van der Waals surface area contributed by atoms with Crippen molar-refractivity contribution in [3.63, 3.8) is 0 Å². The quantitative estimate of drug-likeness (QED) is 0.846. The summed E-state index contributed by atoms with van der Waals surface area (Å²) in [5.74, 6) is 0.777. The number of hydrogen-bond acceptors (Lipinski definition) is 4. The number of rotatable bonds is 2. The van der Waals surface area contributed by atoms with Gasteiger partial charge < -0.3 is 5.32 Å². The van der Waals surface area contributed by atoms with E-state index in [-0.39, 0.29) is 0 Å². The molecule has 84 valence electrons. The normalized spacial score (nSPS) is 23.6. The Morgan fingerprint density at radius 3 is 2.94 bits per heavy atom. The number of thiocarbonyl (C=S) groups is 1. The molecule has 0 aromatic carbocycles. The lowest BCUT2D eigenvalue weighted by molar-refractivity contribution is 0.822. The first kappa shape index (κ1) is 10.6. The molecule has 5 heteroatoms. The van der Waals surface area contributed by atoms with Gasteiger partial charge in [-0.2, -0.15) is 0 Å². The second kappa shape index (κ2) is 3.75. The van der Waals surface area contributed by atoms with Crippen molar-refractivity contribution >= 4 is 49.4 Å². The van der Waals surface area contributed by atoms with Gasteiger partial charge in [-0.05, 0) is 25.3 Å². The largest absolute Gasteiger partial charge is 0.372 e. The summed E-state index contributed by atoms with van der Waals surface area (Å²) in [5, 5.41) is 4.53. The second-order valence-electron chi connectivity index (χ2n) is 4.31. The van der Waals surface area contributed by atoms with Gasteiger partial charge in [0.2, 0.25) is 0 Å². The zero-order valence-electron chi connectivity index (χ0n) is 9.11. The fraction of sp³-hybridized carbons (Fsp3) is 0.455. The average molecular weight is 268 g/mol. The molecule has 0 spiro atoms. The van der Waals surface area contributed by atoms with E-state index in [1.165, 1.54) is 11.1 Å². The fourth-order valence-electron chi connectivity index (χ4n) is 1.72. The van der Waals surface area contributed by atoms with Crippen molar-refractivity contribution in [1.82, 2.24) is 10.3 Å². The van der Waals surface area contributed by atoms with Crippen LogP contribution < -0.4 is 5.32 Å². The zero-order valence-corrected chi connectivity index (χ0v) is 11.6. The van der Waals surface area contributed by atoms with E-state index in [4.69, 9.17) is 12.2 Å². The Morgan fingerprint density at radius 1 is 1.56 bits per heavy atom. The van der Waals surface area contributed by atoms with E-state index < -0.39 is 0 Å². The van der Waals surface area contributed by atoms with Crippen molar-refractivity contribution < 1.29 is 0 Å². The Morgan fingerprint density at radius 2 is 2.31 bits per heavy atom. The minimum atomic E-state index is 0.599. The van der Waals surface area contributed by atoms with Crippen molar-refractivity contribution in [2.75, 3.05) is 0 Å². The predicted octanol–water partition coefficient (Wildman–Crippen LogP) is 3.34. The highest BCUT2D eigenvalue weighted by molar-refractivity contribution is 7.81. The molecule has 0 radical (unpaired) electrons. The summed E-state index contributed by atoms with van der Waals surface area (Å²) in [4.78, 5) is 7.64. The van der Waals surface area contributed by atoms with E-state index >= 15 is 0 Å². The van der Waals surface area contributed by atoms with Gasteiger partial charge >= 0.3 is 0 Å². The van der Waals surface area contributed by atoms with Gasteiger partial charge in [0.05, 0.1) is 14.6 Å². The number of hydrogen-bond donors (Lipinski definition) is 1. The van der Waals surface area contributed by atoms with Crippen LogP contribution in [0.15, 0.2) is 6.07 Å². The Bertz CT molecular complexity index is 523. The van der Waals surface area contributed by atoms with Crippen LogP contribution in [0.1, 0.15) is 23.2 Å². The number of aromatic nitrogens is 1. The molecule has 0 unspecified atom stereocenters. The topological polar surface area (TPSA) is 24.9 Å². The van der Waals surface area contributed by atoms with Gasteiger partial charge in [0.1, 0.15) is 9.82 Å². The minimum absolute atomic E-state index is 0.599. The summed E-state index contributed by atoms with van der Waals surface area (Å²) in [6.07, 6.45) is 1.25. The van der Waals surface area contributed by atoms with Crippen LogP contribution in [0.5, 0.6) is 0 Å². The Labute approximate surface area is 108 Å². The van der Waals surface area contributed by atoms with Crippen LogP contribution in [0.2, 0.25) is 0 Å². The summed E-state index contributed by atoms with van der Waals surface area (Å²) in [6, 6.07) is 2.76. The maximum atomic E-state index is 5.41. The minimum Gasteiger partial charge on any atom is -0.372 e. The van der Waals surface area contributed by atoms with E-state index in [1.807, 2.05) is 6.92 Å². The van der Waals surface area contributed by atoms with Crippen LogP contribution in [0, 0.1) is 12.8 Å². The van der Waals surface area contributed by atoms with Crippen molar-refractivity contribution in [2.24, 2.45) is 5.92 Å². The number of thiophene rings is 1. The molecular formula is C11H12N2S3. The predicted molar refractivity (Wildman–Crippen MR) is 74.6 cm³/mol. The fourth-order valence-corrected chi connectivity index (χ4v) is 4.08. The monoisotopic (exact) mass is 268 g/mol. The summed E-state index contributed by atoms with van der Waals surface area (Å²) in [7, 11) is 0. The van der Waals surface area contributed by atoms with Crippen molar-refractivity contribution in [3.8, 4) is 0 Å². The van der Waals surface area contributed by atoms with E-state index in [0.717, 1.165) is 25.6 Å². The standard InChI is InChI=1S/C11H12N2S3/c1-5-3-7(5)13-10(14)8-4-9-11(16-8)12-6(2)15-9/h4-5,7H,3H2,1-2H3,(H,13,14)/t5-,7-/m0/s1. The van der Waals surface area contributed by atoms with E-state index in [2.05, 4.69) is 23.3 Å². The van der Waals surface area contributed by atoms with Crippen LogP contribution in [-0.2, 0) is 0 Å². The van der Waals surface area contributed by atoms with Gasteiger partial charge in [0, 0.05) is 6.04 Å². The van der Waals surface area contributed by atoms with Gasteiger partial charge in [-0.1, -0.05) is 19.1 Å². The molecule has 16 heavy (non-hydrogen) atoms. The molecule has 0 saturated heterocycles. The molecule has 2 aromatic heterocycles. The summed E-state index contributed by atoms with van der Waals surface area (Å²) in [6.45, 7) is 4.29. The molecule has 0 aliphatic heterocycles. The summed E-state index contributed by atoms with van der Waals surface area (Å²) in [5.41, 5.74) is 0. The van der Waals surface area contributed by atoms with Crippen LogP contribution in [-0.4, -0.2) is 16.0 Å². The molecule has 2 heterocycles. The SMILES string of the molecule is Cc1nc2sc(C(=S)N[C@H]3C[C@@H]3C)cc2s1. The molecule has 2 nitrogen and oxygen atoms in total. The number of aryl methyl sites for hydroxylation is 1. The van der Waals surface area contributed by atoms with Gasteiger partial charge in [-0.15, -0.1) is 22.7 Å². The van der Waals surface area contributed by atoms with E-state index in [1.54, 1.807) is 22.7 Å². The molecule has 1 aliphatic rings. The van der Waals surface area contributed by atoms with E-state index in [0.29, 0.717) is 6.04 Å². The summed E-state index contributed by atoms with van der Waals surface area (Å²) >= 11 is 8.84. The van der Waals surface area contributed by atoms with Crippen molar-refractivity contribution in [1.29, 1.82) is 0 Å². The van der Waals surface area contributed by atoms with Gasteiger partial charge in [0.15, 0.2) is 0 Å². The molecule has 1 fully saturated rings. The van der Waals surface area contributed by atoms with Gasteiger partial charge in [-0.25, -0.2) is 4.98 Å². The highest BCUT2D eigenvalue weighted by Gasteiger charge is 2.33. The lowest BCUT2D eigenvalue weighted by atomic mass is 10.4. The average Bonchev–Trinajstić information content (AvgIpc) is 2.61. The van der Waals surface area contributed by atoms with E-state index in [9.17, 15) is 0 Å². The first-order valence-corrected chi connectivity index (χ1v) is 7.35. The first-order valence-electron chi connectivity index (χ1n) is 5.31. The lowest BCUT2D eigenvalue weighted by Gasteiger charge is -2.03. The number of nitrogens with zero attached hydrogens (tertiary/aromatic N) is 1. The first-order chi connectivity index (χ1) is 7.63. The lowest BCUT2D eigenvalue weighted by Crippen LogP contribution is -2.24. The third kappa shape index (κ3) is 1.87. The van der Waals surface area contributed by atoms with Crippen molar-refractivity contribution in [2.45, 2.75) is 26.3 Å². The third-order valence-electron chi connectivity index (χ3n) is 2.85. The molecular weight excluding hydrogens is 256 g/mol. The zero-order chi connectivity index (χ0) is 11.3. The number of thiazole rings is 1. The molecule has 3 rings (SSSR count). The highest BCUT2D eigenvalue weighted by Crippen LogP contribution is 2.32. The Balaban J connectivity index is 1.82. The molecule has 0 bridgehead atoms. The molecule has 0 amide bonds. The van der Waals surface area contributed by atoms with Gasteiger partial charge in [-0.3, -0.25) is 0 Å². The van der Waals surface area contributed by atoms with Gasteiger partial charge in [0.25, 0.3) is 0 Å². The van der Waals surface area contributed by atoms with Crippen LogP contribution in [0.4, 0.5) is 0 Å². The molecule has 1 saturated carbocycles. The Kier molecular flexibility index (Phi) is 2.49. The number of fused-ring (bicyclic) bond motifs is 1. The maximum absolute atomic E-state index is 5.41. The molecule has 1 aliphatic carbocycles.